The predicted molar refractivity (Wildman–Crippen MR) is 89.0 cm³/mol. The smallest absolute Gasteiger partial charge is 0.256 e. The Morgan fingerprint density at radius 1 is 0.913 bits per heavy atom. The average molecular weight is 316 g/mol. The van der Waals surface area contributed by atoms with E-state index in [4.69, 9.17) is 5.73 Å². The van der Waals surface area contributed by atoms with Gasteiger partial charge in [-0.25, -0.2) is 0 Å². The second-order valence-electron chi connectivity index (χ2n) is 6.24. The highest BCUT2D eigenvalue weighted by atomic mass is 16.2. The van der Waals surface area contributed by atoms with Gasteiger partial charge in [-0.1, -0.05) is 12.1 Å². The van der Waals surface area contributed by atoms with E-state index in [0.29, 0.717) is 30.9 Å². The molecule has 1 aromatic rings. The maximum Gasteiger partial charge on any atom is 0.256 e. The lowest BCUT2D eigenvalue weighted by molar-refractivity contribution is -0.131. The number of benzene rings is 1. The molecule has 0 radical (unpaired) electrons. The SMILES string of the molecule is Nc1ccccc1C(=O)N1CCN(CC(=O)N2CCCC2)CC1. The number of anilines is 1. The van der Waals surface area contributed by atoms with Crippen molar-refractivity contribution in [1.29, 1.82) is 0 Å². The molecule has 0 spiro atoms. The largest absolute Gasteiger partial charge is 0.398 e. The Kier molecular flexibility index (Phi) is 4.81. The molecule has 0 unspecified atom stereocenters. The van der Waals surface area contributed by atoms with Crippen molar-refractivity contribution >= 4 is 17.5 Å². The number of likely N-dealkylation sites (tertiary alicyclic amines) is 1. The molecule has 2 heterocycles. The van der Waals surface area contributed by atoms with Crippen molar-refractivity contribution in [1.82, 2.24) is 14.7 Å². The van der Waals surface area contributed by atoms with E-state index >= 15 is 0 Å². The zero-order valence-corrected chi connectivity index (χ0v) is 13.4. The number of nitrogens with zero attached hydrogens (tertiary/aromatic N) is 3. The van der Waals surface area contributed by atoms with Crippen LogP contribution in [0.4, 0.5) is 5.69 Å². The lowest BCUT2D eigenvalue weighted by Crippen LogP contribution is -2.51. The fraction of sp³-hybridized carbons (Fsp3) is 0.529. The van der Waals surface area contributed by atoms with Crippen LogP contribution in [0, 0.1) is 0 Å². The van der Waals surface area contributed by atoms with Gasteiger partial charge in [0.25, 0.3) is 5.91 Å². The lowest BCUT2D eigenvalue weighted by Gasteiger charge is -2.35. The first-order chi connectivity index (χ1) is 11.1. The van der Waals surface area contributed by atoms with Crippen molar-refractivity contribution < 1.29 is 9.59 Å². The summed E-state index contributed by atoms with van der Waals surface area (Å²) in [5.74, 6) is 0.197. The first kappa shape index (κ1) is 15.8. The van der Waals surface area contributed by atoms with Gasteiger partial charge in [0.1, 0.15) is 0 Å². The van der Waals surface area contributed by atoms with Gasteiger partial charge in [0.15, 0.2) is 0 Å². The van der Waals surface area contributed by atoms with Crippen molar-refractivity contribution in [3.05, 3.63) is 29.8 Å². The standard InChI is InChI=1S/C17H24N4O2/c18-15-6-2-1-5-14(15)17(23)21-11-9-19(10-12-21)13-16(22)20-7-3-4-8-20/h1-2,5-6H,3-4,7-13,18H2. The van der Waals surface area contributed by atoms with E-state index in [0.717, 1.165) is 39.0 Å². The molecule has 6 heteroatoms. The van der Waals surface area contributed by atoms with Gasteiger partial charge in [-0.15, -0.1) is 0 Å². The van der Waals surface area contributed by atoms with Gasteiger partial charge in [-0.2, -0.15) is 0 Å². The summed E-state index contributed by atoms with van der Waals surface area (Å²) in [6.45, 7) is 5.00. The molecule has 1 aromatic carbocycles. The number of carbonyl (C=O) groups excluding carboxylic acids is 2. The maximum atomic E-state index is 12.5. The summed E-state index contributed by atoms with van der Waals surface area (Å²) >= 11 is 0. The fourth-order valence-corrected chi connectivity index (χ4v) is 3.23. The van der Waals surface area contributed by atoms with E-state index in [1.807, 2.05) is 21.9 Å². The average Bonchev–Trinajstić information content (AvgIpc) is 3.10. The Morgan fingerprint density at radius 3 is 2.22 bits per heavy atom. The summed E-state index contributed by atoms with van der Waals surface area (Å²) in [7, 11) is 0. The fourth-order valence-electron chi connectivity index (χ4n) is 3.23. The maximum absolute atomic E-state index is 12.5. The van der Waals surface area contributed by atoms with Crippen molar-refractivity contribution in [2.24, 2.45) is 0 Å². The molecule has 23 heavy (non-hydrogen) atoms. The number of para-hydroxylation sites is 1. The molecule has 124 valence electrons. The molecule has 2 N–H and O–H groups in total. The third-order valence-electron chi connectivity index (χ3n) is 4.67. The van der Waals surface area contributed by atoms with Crippen molar-refractivity contribution in [3.63, 3.8) is 0 Å². The summed E-state index contributed by atoms with van der Waals surface area (Å²) in [5, 5.41) is 0. The highest BCUT2D eigenvalue weighted by Gasteiger charge is 2.26. The highest BCUT2D eigenvalue weighted by Crippen LogP contribution is 2.15. The molecule has 0 aliphatic carbocycles. The van der Waals surface area contributed by atoms with Gasteiger partial charge in [-0.3, -0.25) is 14.5 Å². The van der Waals surface area contributed by atoms with Crippen LogP contribution in [0.15, 0.2) is 24.3 Å². The molecule has 6 nitrogen and oxygen atoms in total. The monoisotopic (exact) mass is 316 g/mol. The number of piperazine rings is 1. The Morgan fingerprint density at radius 2 is 1.57 bits per heavy atom. The van der Waals surface area contributed by atoms with Gasteiger partial charge in [0.05, 0.1) is 12.1 Å². The Hall–Kier alpha value is -2.08. The molecule has 2 aliphatic heterocycles. The van der Waals surface area contributed by atoms with Crippen LogP contribution >= 0.6 is 0 Å². The van der Waals surface area contributed by atoms with Crippen LogP contribution < -0.4 is 5.73 Å². The number of hydrogen-bond donors (Lipinski definition) is 1. The van der Waals surface area contributed by atoms with Crippen LogP contribution in [-0.2, 0) is 4.79 Å². The van der Waals surface area contributed by atoms with Gasteiger partial charge >= 0.3 is 0 Å². The van der Waals surface area contributed by atoms with Crippen LogP contribution in [0.25, 0.3) is 0 Å². The molecule has 0 bridgehead atoms. The number of rotatable bonds is 3. The second-order valence-corrected chi connectivity index (χ2v) is 6.24. The quantitative estimate of drug-likeness (QED) is 0.831. The summed E-state index contributed by atoms with van der Waals surface area (Å²) < 4.78 is 0. The second kappa shape index (κ2) is 7.00. The van der Waals surface area contributed by atoms with Crippen LogP contribution in [0.5, 0.6) is 0 Å². The molecule has 0 saturated carbocycles. The minimum Gasteiger partial charge on any atom is -0.398 e. The normalized spacial score (nSPS) is 19.1. The number of carbonyl (C=O) groups is 2. The molecule has 2 amide bonds. The Labute approximate surface area is 136 Å². The first-order valence-electron chi connectivity index (χ1n) is 8.29. The molecule has 0 atom stereocenters. The van der Waals surface area contributed by atoms with E-state index < -0.39 is 0 Å². The van der Waals surface area contributed by atoms with Crippen LogP contribution in [0.1, 0.15) is 23.2 Å². The molecule has 3 rings (SSSR count). The van der Waals surface area contributed by atoms with Crippen LogP contribution in [0.3, 0.4) is 0 Å². The van der Waals surface area contributed by atoms with Crippen LogP contribution in [0.2, 0.25) is 0 Å². The Bertz CT molecular complexity index is 576. The molecule has 0 aromatic heterocycles. The van der Waals surface area contributed by atoms with Crippen molar-refractivity contribution in [2.45, 2.75) is 12.8 Å². The summed E-state index contributed by atoms with van der Waals surface area (Å²) in [4.78, 5) is 30.6. The number of hydrogen-bond acceptors (Lipinski definition) is 4. The summed E-state index contributed by atoms with van der Waals surface area (Å²) in [5.41, 5.74) is 6.96. The van der Waals surface area contributed by atoms with Crippen molar-refractivity contribution in [2.75, 3.05) is 51.5 Å². The first-order valence-corrected chi connectivity index (χ1v) is 8.29. The highest BCUT2D eigenvalue weighted by molar-refractivity contribution is 5.99. The van der Waals surface area contributed by atoms with Gasteiger partial charge in [-0.05, 0) is 25.0 Å². The third-order valence-corrected chi connectivity index (χ3v) is 4.67. The van der Waals surface area contributed by atoms with Gasteiger partial charge < -0.3 is 15.5 Å². The zero-order valence-electron chi connectivity index (χ0n) is 13.4. The van der Waals surface area contributed by atoms with E-state index in [1.54, 1.807) is 12.1 Å². The van der Waals surface area contributed by atoms with Gasteiger partial charge in [0, 0.05) is 45.0 Å². The van der Waals surface area contributed by atoms with Gasteiger partial charge in [0.2, 0.25) is 5.91 Å². The lowest BCUT2D eigenvalue weighted by atomic mass is 10.1. The topological polar surface area (TPSA) is 69.9 Å². The molecular weight excluding hydrogens is 292 g/mol. The number of nitrogens with two attached hydrogens (primary N) is 1. The van der Waals surface area contributed by atoms with Crippen LogP contribution in [-0.4, -0.2) is 72.3 Å². The molecule has 2 saturated heterocycles. The Balaban J connectivity index is 1.51. The third kappa shape index (κ3) is 3.64. The predicted octanol–water partition coefficient (Wildman–Crippen LogP) is 0.649. The number of amides is 2. The molecular formula is C17H24N4O2. The summed E-state index contributed by atoms with van der Waals surface area (Å²) in [6.07, 6.45) is 2.24. The summed E-state index contributed by atoms with van der Waals surface area (Å²) in [6, 6.07) is 7.17. The van der Waals surface area contributed by atoms with E-state index in [1.165, 1.54) is 0 Å². The minimum atomic E-state index is -0.0198. The zero-order chi connectivity index (χ0) is 16.2. The van der Waals surface area contributed by atoms with E-state index in [-0.39, 0.29) is 11.8 Å². The van der Waals surface area contributed by atoms with E-state index in [9.17, 15) is 9.59 Å². The van der Waals surface area contributed by atoms with Crippen molar-refractivity contribution in [3.8, 4) is 0 Å². The van der Waals surface area contributed by atoms with E-state index in [2.05, 4.69) is 4.90 Å². The molecule has 2 fully saturated rings. The molecule has 2 aliphatic rings. The minimum absolute atomic E-state index is 0.0198. The number of nitrogen functional groups attached to an aromatic ring is 1.